The maximum absolute atomic E-state index is 13.2. The lowest BCUT2D eigenvalue weighted by atomic mass is 9.88. The first-order valence-corrected chi connectivity index (χ1v) is 11.2. The van der Waals surface area contributed by atoms with Crippen molar-refractivity contribution in [2.75, 3.05) is 29.9 Å². The molecule has 32 heavy (non-hydrogen) atoms. The van der Waals surface area contributed by atoms with Crippen molar-refractivity contribution in [2.45, 2.75) is 45.6 Å². The monoisotopic (exact) mass is 433 g/mol. The molecule has 0 aromatic heterocycles. The topological polar surface area (TPSA) is 61.9 Å². The highest BCUT2D eigenvalue weighted by Gasteiger charge is 2.33. The van der Waals surface area contributed by atoms with Gasteiger partial charge in [0.2, 0.25) is 0 Å². The summed E-state index contributed by atoms with van der Waals surface area (Å²) in [4.78, 5) is 29.5. The second-order valence-electron chi connectivity index (χ2n) is 7.75. The molecular formula is C26H31N3O3. The van der Waals surface area contributed by atoms with Gasteiger partial charge in [0.05, 0.1) is 0 Å². The molecule has 0 saturated heterocycles. The number of fused-ring (bicyclic) bond motifs is 1. The Morgan fingerprint density at radius 1 is 1.09 bits per heavy atom. The van der Waals surface area contributed by atoms with E-state index in [1.807, 2.05) is 42.5 Å². The number of carbonyl (C=O) groups is 2. The molecule has 168 valence electrons. The summed E-state index contributed by atoms with van der Waals surface area (Å²) < 4.78 is 5.30. The smallest absolute Gasteiger partial charge is 0.418 e. The van der Waals surface area contributed by atoms with E-state index in [1.54, 1.807) is 0 Å². The summed E-state index contributed by atoms with van der Waals surface area (Å²) in [7, 11) is 0. The van der Waals surface area contributed by atoms with E-state index in [0.29, 0.717) is 24.9 Å². The Morgan fingerprint density at radius 3 is 2.44 bits per heavy atom. The van der Waals surface area contributed by atoms with Gasteiger partial charge in [0.1, 0.15) is 6.61 Å². The van der Waals surface area contributed by atoms with E-state index >= 15 is 0 Å². The molecule has 0 fully saturated rings. The number of terminal acetylenes is 1. The third kappa shape index (κ3) is 5.61. The van der Waals surface area contributed by atoms with E-state index in [-0.39, 0.29) is 12.6 Å². The van der Waals surface area contributed by atoms with E-state index in [4.69, 9.17) is 11.2 Å². The van der Waals surface area contributed by atoms with Gasteiger partial charge in [-0.3, -0.25) is 0 Å². The van der Waals surface area contributed by atoms with Crippen LogP contribution in [-0.2, 0) is 17.6 Å². The summed E-state index contributed by atoms with van der Waals surface area (Å²) in [6, 6.07) is 15.0. The van der Waals surface area contributed by atoms with Crippen LogP contribution in [0.1, 0.15) is 37.8 Å². The van der Waals surface area contributed by atoms with Crippen molar-refractivity contribution in [3.63, 3.8) is 0 Å². The number of ether oxygens (including phenoxy) is 1. The highest BCUT2D eigenvalue weighted by atomic mass is 16.6. The number of carbonyl (C=O) groups excluding carboxylic acids is 2. The lowest BCUT2D eigenvalue weighted by Gasteiger charge is -2.33. The summed E-state index contributed by atoms with van der Waals surface area (Å²) in [5.74, 6) is 2.45. The van der Waals surface area contributed by atoms with E-state index < -0.39 is 12.1 Å². The molecule has 1 aliphatic carbocycles. The van der Waals surface area contributed by atoms with Gasteiger partial charge in [-0.15, -0.1) is 12.3 Å². The van der Waals surface area contributed by atoms with Crippen molar-refractivity contribution in [3.8, 4) is 12.3 Å². The lowest BCUT2D eigenvalue weighted by molar-refractivity contribution is 0.0990. The first-order valence-electron chi connectivity index (χ1n) is 11.2. The molecule has 3 rings (SSSR count). The molecule has 1 atom stereocenters. The van der Waals surface area contributed by atoms with E-state index in [0.717, 1.165) is 30.8 Å². The Bertz CT molecular complexity index is 961. The fourth-order valence-electron chi connectivity index (χ4n) is 4.09. The summed E-state index contributed by atoms with van der Waals surface area (Å²) in [6.45, 7) is 6.10. The fourth-order valence-corrected chi connectivity index (χ4v) is 4.09. The predicted molar refractivity (Wildman–Crippen MR) is 128 cm³/mol. The number of anilines is 2. The molecule has 6 heteroatoms. The summed E-state index contributed by atoms with van der Waals surface area (Å²) in [5, 5.41) is 2.86. The zero-order chi connectivity index (χ0) is 22.9. The number of urea groups is 1. The minimum Gasteiger partial charge on any atom is -0.448 e. The molecule has 2 aromatic carbocycles. The Balaban J connectivity index is 1.76. The van der Waals surface area contributed by atoms with Crippen molar-refractivity contribution >= 4 is 23.5 Å². The van der Waals surface area contributed by atoms with Crippen molar-refractivity contribution in [1.82, 2.24) is 4.90 Å². The van der Waals surface area contributed by atoms with Crippen LogP contribution in [-0.4, -0.2) is 42.8 Å². The van der Waals surface area contributed by atoms with Gasteiger partial charge < -0.3 is 15.0 Å². The van der Waals surface area contributed by atoms with Gasteiger partial charge in [-0.05, 0) is 68.5 Å². The zero-order valence-electron chi connectivity index (χ0n) is 18.8. The van der Waals surface area contributed by atoms with Gasteiger partial charge in [0.25, 0.3) is 0 Å². The van der Waals surface area contributed by atoms with Crippen LogP contribution in [0.3, 0.4) is 0 Å². The van der Waals surface area contributed by atoms with Crippen molar-refractivity contribution < 1.29 is 14.3 Å². The van der Waals surface area contributed by atoms with Crippen LogP contribution in [0.5, 0.6) is 0 Å². The minimum absolute atomic E-state index is 0.0843. The number of imide groups is 1. The van der Waals surface area contributed by atoms with Crippen LogP contribution in [0.4, 0.5) is 21.0 Å². The van der Waals surface area contributed by atoms with E-state index in [1.165, 1.54) is 10.5 Å². The third-order valence-corrected chi connectivity index (χ3v) is 5.82. The van der Waals surface area contributed by atoms with E-state index in [2.05, 4.69) is 36.1 Å². The minimum atomic E-state index is -0.665. The largest absolute Gasteiger partial charge is 0.448 e. The molecule has 6 nitrogen and oxygen atoms in total. The van der Waals surface area contributed by atoms with Gasteiger partial charge in [-0.25, -0.2) is 14.5 Å². The third-order valence-electron chi connectivity index (χ3n) is 5.82. The van der Waals surface area contributed by atoms with Crippen LogP contribution >= 0.6 is 0 Å². The normalized spacial score (nSPS) is 14.6. The molecule has 3 amide bonds. The molecule has 1 N–H and O–H groups in total. The second-order valence-corrected chi connectivity index (χ2v) is 7.75. The van der Waals surface area contributed by atoms with E-state index in [9.17, 15) is 9.59 Å². The number of aryl methyl sites for hydroxylation is 1. The summed E-state index contributed by atoms with van der Waals surface area (Å²) in [6.07, 6.45) is 7.01. The molecule has 0 heterocycles. The average molecular weight is 434 g/mol. The van der Waals surface area contributed by atoms with Crippen LogP contribution in [0, 0.1) is 12.3 Å². The predicted octanol–water partition coefficient (Wildman–Crippen LogP) is 5.08. The van der Waals surface area contributed by atoms with Crippen LogP contribution in [0.15, 0.2) is 48.5 Å². The lowest BCUT2D eigenvalue weighted by Crippen LogP contribution is -2.49. The summed E-state index contributed by atoms with van der Waals surface area (Å²) >= 11 is 0. The molecule has 0 bridgehead atoms. The highest BCUT2D eigenvalue weighted by Crippen LogP contribution is 2.26. The number of amides is 3. The highest BCUT2D eigenvalue weighted by molar-refractivity contribution is 5.99. The zero-order valence-corrected chi connectivity index (χ0v) is 18.8. The Hall–Kier alpha value is -3.46. The SMILES string of the molecule is C#CCCOC(=O)N(C(=O)Nc1ccc(N(CC)CC)cc1)C1CCc2ccccc2C1. The Labute approximate surface area is 190 Å². The van der Waals surface area contributed by atoms with Gasteiger partial charge in [-0.1, -0.05) is 24.3 Å². The summed E-state index contributed by atoms with van der Waals surface area (Å²) in [5.41, 5.74) is 4.13. The standard InChI is InChI=1S/C26H31N3O3/c1-4-7-18-32-26(31)29(24-15-12-20-10-8-9-11-21(20)19-24)25(30)27-22-13-16-23(17-14-22)28(5-2)6-3/h1,8-11,13-14,16-17,24H,5-7,12,15,18-19H2,2-3H3,(H,27,30). The molecule has 2 aromatic rings. The number of nitrogens with zero attached hydrogens (tertiary/aromatic N) is 2. The van der Waals surface area contributed by atoms with Gasteiger partial charge in [-0.2, -0.15) is 0 Å². The average Bonchev–Trinajstić information content (AvgIpc) is 2.81. The molecule has 0 aliphatic heterocycles. The molecule has 1 unspecified atom stereocenters. The molecule has 1 aliphatic rings. The van der Waals surface area contributed by atoms with Gasteiger partial charge >= 0.3 is 12.1 Å². The number of rotatable bonds is 7. The van der Waals surface area contributed by atoms with Crippen molar-refractivity contribution in [2.24, 2.45) is 0 Å². The van der Waals surface area contributed by atoms with Crippen LogP contribution in [0.2, 0.25) is 0 Å². The second kappa shape index (κ2) is 11.2. The first kappa shape index (κ1) is 23.2. The number of benzene rings is 2. The maximum Gasteiger partial charge on any atom is 0.418 e. The first-order chi connectivity index (χ1) is 15.6. The molecule has 0 spiro atoms. The van der Waals surface area contributed by atoms with Crippen LogP contribution in [0.25, 0.3) is 0 Å². The van der Waals surface area contributed by atoms with Crippen molar-refractivity contribution in [3.05, 3.63) is 59.7 Å². The van der Waals surface area contributed by atoms with Crippen molar-refractivity contribution in [1.29, 1.82) is 0 Å². The number of hydrogen-bond acceptors (Lipinski definition) is 4. The quantitative estimate of drug-likeness (QED) is 0.488. The van der Waals surface area contributed by atoms with Gasteiger partial charge in [0, 0.05) is 36.9 Å². The number of nitrogens with one attached hydrogen (secondary N) is 1. The molecule has 0 saturated carbocycles. The number of hydrogen-bond donors (Lipinski definition) is 1. The maximum atomic E-state index is 13.2. The molecular weight excluding hydrogens is 402 g/mol. The Morgan fingerprint density at radius 2 is 1.78 bits per heavy atom. The fraction of sp³-hybridized carbons (Fsp3) is 0.385. The molecule has 0 radical (unpaired) electrons. The van der Waals surface area contributed by atoms with Crippen LogP contribution < -0.4 is 10.2 Å². The van der Waals surface area contributed by atoms with Gasteiger partial charge in [0.15, 0.2) is 0 Å². The Kier molecular flexibility index (Phi) is 8.15.